The minimum atomic E-state index is -2.05. The molecule has 1 unspecified atom stereocenters. The number of aliphatic hydroxyl groups is 5. The third-order valence-electron chi connectivity index (χ3n) is 8.88. The second kappa shape index (κ2) is 14.6. The van der Waals surface area contributed by atoms with Crippen LogP contribution >= 0.6 is 0 Å². The summed E-state index contributed by atoms with van der Waals surface area (Å²) in [6.45, 7) is 0.743. The molecule has 53 heavy (non-hydrogen) atoms. The van der Waals surface area contributed by atoms with Gasteiger partial charge in [-0.15, -0.1) is 0 Å². The molecule has 0 spiro atoms. The van der Waals surface area contributed by atoms with Crippen LogP contribution in [0.5, 0.6) is 46.0 Å². The third kappa shape index (κ3) is 7.36. The SMILES string of the molecule is C[C@H]1O[C@H](OC[C@H]2O[C@@H](OC3=Cc4c(O)cc(O)cc4OC3c3ccc(O)c(O)c3)[C@H](OC(=O)c3cc(O)c(O)c(O)c3)[C@@H](O)[C@H]2O)[C@@H](O)[C@@H](O)[C@H]1O. The summed E-state index contributed by atoms with van der Waals surface area (Å²) in [5.74, 6) is -6.22. The van der Waals surface area contributed by atoms with Gasteiger partial charge in [0.15, 0.2) is 47.2 Å². The number of ether oxygens (including phenoxy) is 6. The largest absolute Gasteiger partial charge is 0.508 e. The van der Waals surface area contributed by atoms with Crippen molar-refractivity contribution in [2.45, 2.75) is 74.4 Å². The first kappa shape index (κ1) is 37.5. The third-order valence-corrected chi connectivity index (χ3v) is 8.88. The maximum absolute atomic E-state index is 13.3. The van der Waals surface area contributed by atoms with Gasteiger partial charge in [-0.25, -0.2) is 4.79 Å². The van der Waals surface area contributed by atoms with E-state index in [-0.39, 0.29) is 28.4 Å². The molecule has 0 saturated carbocycles. The summed E-state index contributed by atoms with van der Waals surface area (Å²) in [4.78, 5) is 13.3. The molecule has 0 amide bonds. The van der Waals surface area contributed by atoms with Gasteiger partial charge in [0, 0.05) is 17.7 Å². The highest BCUT2D eigenvalue weighted by molar-refractivity contribution is 5.91. The number of carbonyl (C=O) groups is 1. The Labute approximate surface area is 298 Å². The number of benzene rings is 3. The van der Waals surface area contributed by atoms with Crippen molar-refractivity contribution in [1.82, 2.24) is 0 Å². The first-order valence-corrected chi connectivity index (χ1v) is 16.0. The van der Waals surface area contributed by atoms with Gasteiger partial charge in [-0.1, -0.05) is 6.07 Å². The molecule has 0 bridgehead atoms. The maximum Gasteiger partial charge on any atom is 0.339 e. The van der Waals surface area contributed by atoms with Crippen molar-refractivity contribution in [3.05, 3.63) is 64.9 Å². The quantitative estimate of drug-likeness (QED) is 0.103. The van der Waals surface area contributed by atoms with Crippen molar-refractivity contribution in [3.63, 3.8) is 0 Å². The second-order valence-corrected chi connectivity index (χ2v) is 12.6. The van der Waals surface area contributed by atoms with Crippen molar-refractivity contribution in [2.75, 3.05) is 6.61 Å². The molecule has 12 N–H and O–H groups in total. The van der Waals surface area contributed by atoms with Gasteiger partial charge in [-0.05, 0) is 37.3 Å². The van der Waals surface area contributed by atoms with Gasteiger partial charge in [0.05, 0.1) is 23.8 Å². The standard InChI is InChI=1S/C34H36O19/c1-11-24(41)27(44)29(46)33(49-11)48-10-23-26(43)28(45)31(53-32(47)13-5-19(39)25(42)20(40)6-13)34(52-23)51-22-9-15-17(37)7-14(35)8-21(15)50-30(22)12-2-3-16(36)18(38)4-12/h2-9,11,23-24,26-31,33-46H,10H2,1H3/t11-,23-,24+,26+,27+,28+,29+,30?,31-,33+,34-/m1/s1. The number of aromatic hydroxyl groups is 7. The van der Waals surface area contributed by atoms with Crippen LogP contribution in [0.3, 0.4) is 0 Å². The lowest BCUT2D eigenvalue weighted by molar-refractivity contribution is -0.324. The molecule has 3 aliphatic heterocycles. The van der Waals surface area contributed by atoms with Crippen LogP contribution < -0.4 is 4.74 Å². The first-order chi connectivity index (χ1) is 25.0. The molecule has 11 atom stereocenters. The number of fused-ring (bicyclic) bond motifs is 1. The zero-order chi connectivity index (χ0) is 38.5. The lowest BCUT2D eigenvalue weighted by Gasteiger charge is -2.44. The monoisotopic (exact) mass is 748 g/mol. The fourth-order valence-corrected chi connectivity index (χ4v) is 5.93. The fourth-order valence-electron chi connectivity index (χ4n) is 5.93. The van der Waals surface area contributed by atoms with E-state index in [2.05, 4.69) is 0 Å². The van der Waals surface area contributed by atoms with Crippen LogP contribution in [0.25, 0.3) is 6.08 Å². The Kier molecular flexibility index (Phi) is 10.4. The number of hydrogen-bond donors (Lipinski definition) is 12. The lowest BCUT2D eigenvalue weighted by Crippen LogP contribution is -2.62. The van der Waals surface area contributed by atoms with E-state index in [0.29, 0.717) is 0 Å². The Balaban J connectivity index is 1.35. The number of rotatable bonds is 8. The molecule has 6 rings (SSSR count). The van der Waals surface area contributed by atoms with E-state index >= 15 is 0 Å². The van der Waals surface area contributed by atoms with E-state index in [1.54, 1.807) is 0 Å². The van der Waals surface area contributed by atoms with Gasteiger partial charge >= 0.3 is 5.97 Å². The van der Waals surface area contributed by atoms with Crippen molar-refractivity contribution < 1.29 is 94.5 Å². The van der Waals surface area contributed by atoms with E-state index in [1.807, 2.05) is 0 Å². The number of phenols is 7. The molecule has 19 nitrogen and oxygen atoms in total. The Bertz CT molecular complexity index is 1860. The van der Waals surface area contributed by atoms with Crippen LogP contribution in [0, 0.1) is 0 Å². The summed E-state index contributed by atoms with van der Waals surface area (Å²) in [6.07, 6.45) is -16.9. The average molecular weight is 749 g/mol. The van der Waals surface area contributed by atoms with Crippen LogP contribution in [-0.2, 0) is 23.7 Å². The summed E-state index contributed by atoms with van der Waals surface area (Å²) < 4.78 is 34.5. The van der Waals surface area contributed by atoms with Gasteiger partial charge < -0.3 is 89.7 Å². The normalized spacial score (nSPS) is 31.1. The molecule has 2 saturated heterocycles. The number of phenolic OH excluding ortho intramolecular Hbond substituents is 7. The van der Waals surface area contributed by atoms with Crippen molar-refractivity contribution in [2.24, 2.45) is 0 Å². The Hall–Kier alpha value is -5.25. The van der Waals surface area contributed by atoms with Crippen LogP contribution in [0.15, 0.2) is 48.2 Å². The van der Waals surface area contributed by atoms with Crippen LogP contribution in [-0.4, -0.2) is 135 Å². The van der Waals surface area contributed by atoms with Gasteiger partial charge in [0.2, 0.25) is 6.29 Å². The number of carbonyl (C=O) groups excluding carboxylic acids is 1. The highest BCUT2D eigenvalue weighted by Gasteiger charge is 2.50. The lowest BCUT2D eigenvalue weighted by atomic mass is 9.97. The zero-order valence-corrected chi connectivity index (χ0v) is 27.4. The Morgan fingerprint density at radius 1 is 0.717 bits per heavy atom. The van der Waals surface area contributed by atoms with Gasteiger partial charge in [-0.3, -0.25) is 0 Å². The highest BCUT2D eigenvalue weighted by atomic mass is 16.7. The molecule has 0 aliphatic carbocycles. The predicted molar refractivity (Wildman–Crippen MR) is 172 cm³/mol. The minimum absolute atomic E-state index is 0.0183. The molecule has 3 heterocycles. The predicted octanol–water partition coefficient (Wildman–Crippen LogP) is -0.367. The van der Waals surface area contributed by atoms with E-state index < -0.39 is 120 Å². The molecule has 3 aromatic rings. The number of hydrogen-bond acceptors (Lipinski definition) is 19. The van der Waals surface area contributed by atoms with Crippen molar-refractivity contribution >= 4 is 12.0 Å². The summed E-state index contributed by atoms with van der Waals surface area (Å²) in [5.41, 5.74) is -0.397. The smallest absolute Gasteiger partial charge is 0.339 e. The second-order valence-electron chi connectivity index (χ2n) is 12.6. The Morgan fingerprint density at radius 2 is 1.42 bits per heavy atom. The number of aliphatic hydroxyl groups excluding tert-OH is 5. The summed E-state index contributed by atoms with van der Waals surface area (Å²) >= 11 is 0. The van der Waals surface area contributed by atoms with Crippen LogP contribution in [0.1, 0.15) is 34.5 Å². The summed E-state index contributed by atoms with van der Waals surface area (Å²) in [6, 6.07) is 7.26. The minimum Gasteiger partial charge on any atom is -0.508 e. The molecule has 2 fully saturated rings. The molecule has 0 aromatic heterocycles. The molecule has 3 aliphatic rings. The van der Waals surface area contributed by atoms with Gasteiger partial charge in [-0.2, -0.15) is 0 Å². The van der Waals surface area contributed by atoms with E-state index in [0.717, 1.165) is 30.3 Å². The number of esters is 1. The zero-order valence-electron chi connectivity index (χ0n) is 27.4. The molecule has 0 radical (unpaired) electrons. The molecular weight excluding hydrogens is 712 g/mol. The van der Waals surface area contributed by atoms with Crippen molar-refractivity contribution in [3.8, 4) is 46.0 Å². The molecule has 286 valence electrons. The topological polar surface area (TPSA) is 315 Å². The molecule has 19 heteroatoms. The van der Waals surface area contributed by atoms with Gasteiger partial charge in [0.25, 0.3) is 0 Å². The van der Waals surface area contributed by atoms with Crippen LogP contribution in [0.2, 0.25) is 0 Å². The summed E-state index contributed by atoms with van der Waals surface area (Å²) in [7, 11) is 0. The summed E-state index contributed by atoms with van der Waals surface area (Å²) in [5, 5.41) is 124. The van der Waals surface area contributed by atoms with E-state index in [9.17, 15) is 66.1 Å². The van der Waals surface area contributed by atoms with Crippen molar-refractivity contribution in [1.29, 1.82) is 0 Å². The maximum atomic E-state index is 13.3. The highest BCUT2D eigenvalue weighted by Crippen LogP contribution is 2.46. The fraction of sp³-hybridized carbons (Fsp3) is 0.382. The molecule has 3 aromatic carbocycles. The Morgan fingerprint density at radius 3 is 2.09 bits per heavy atom. The van der Waals surface area contributed by atoms with E-state index in [4.69, 9.17) is 28.4 Å². The van der Waals surface area contributed by atoms with Crippen LogP contribution in [0.4, 0.5) is 0 Å². The first-order valence-electron chi connectivity index (χ1n) is 16.0. The van der Waals surface area contributed by atoms with Gasteiger partial charge in [0.1, 0.15) is 59.6 Å². The van der Waals surface area contributed by atoms with E-state index in [1.165, 1.54) is 25.1 Å². The molecular formula is C34H36O19. The average Bonchev–Trinajstić information content (AvgIpc) is 3.11.